The third kappa shape index (κ3) is 4.08. The van der Waals surface area contributed by atoms with E-state index in [1.54, 1.807) is 27.8 Å². The van der Waals surface area contributed by atoms with Crippen molar-refractivity contribution in [1.82, 2.24) is 29.5 Å². The number of carbonyl (C=O) groups is 1. The highest BCUT2D eigenvalue weighted by molar-refractivity contribution is 5.78. The Hall–Kier alpha value is -3.49. The van der Waals surface area contributed by atoms with E-state index in [0.29, 0.717) is 43.1 Å². The molecule has 0 atom stereocenters. The first-order valence-electron chi connectivity index (χ1n) is 10.4. The van der Waals surface area contributed by atoms with Crippen LogP contribution in [0.25, 0.3) is 22.6 Å². The van der Waals surface area contributed by atoms with E-state index in [1.165, 1.54) is 12.1 Å². The Morgan fingerprint density at radius 3 is 2.61 bits per heavy atom. The molecule has 3 aromatic rings. The first-order chi connectivity index (χ1) is 14.9. The van der Waals surface area contributed by atoms with E-state index in [0.717, 1.165) is 17.1 Å². The molecule has 0 bridgehead atoms. The number of benzene rings is 1. The molecular formula is C22H26FN7O. The van der Waals surface area contributed by atoms with E-state index in [4.69, 9.17) is 10.4 Å². The Kier molecular flexibility index (Phi) is 5.58. The van der Waals surface area contributed by atoms with E-state index in [-0.39, 0.29) is 17.9 Å². The number of hydrogen-bond acceptors (Lipinski definition) is 4. The molecule has 3 heterocycles. The van der Waals surface area contributed by atoms with Gasteiger partial charge in [-0.3, -0.25) is 5.41 Å². The number of aryl methyl sites for hydroxylation is 1. The van der Waals surface area contributed by atoms with E-state index < -0.39 is 0 Å². The Balaban J connectivity index is 1.82. The van der Waals surface area contributed by atoms with Crippen LogP contribution in [0.2, 0.25) is 0 Å². The fourth-order valence-electron chi connectivity index (χ4n) is 3.74. The summed E-state index contributed by atoms with van der Waals surface area (Å²) in [6.45, 7) is 7.85. The molecule has 162 valence electrons. The molecule has 0 saturated carbocycles. The highest BCUT2D eigenvalue weighted by Gasteiger charge is 2.28. The number of carbonyl (C=O) groups excluding carboxylic acids is 1. The van der Waals surface area contributed by atoms with Crippen LogP contribution in [0.1, 0.15) is 26.6 Å². The largest absolute Gasteiger partial charge is 0.336 e. The maximum atomic E-state index is 13.5. The first-order valence-corrected chi connectivity index (χ1v) is 10.4. The number of halogens is 1. The van der Waals surface area contributed by atoms with Crippen LogP contribution in [-0.4, -0.2) is 42.8 Å². The highest BCUT2D eigenvalue weighted by atomic mass is 19.1. The summed E-state index contributed by atoms with van der Waals surface area (Å²) in [5, 5.41) is 15.6. The Morgan fingerprint density at radius 2 is 1.94 bits per heavy atom. The molecule has 9 heteroatoms. The maximum Gasteiger partial charge on any atom is 0.318 e. The second-order valence-corrected chi connectivity index (χ2v) is 7.83. The molecule has 1 aliphatic rings. The molecule has 0 unspecified atom stereocenters. The van der Waals surface area contributed by atoms with Crippen molar-refractivity contribution in [2.24, 2.45) is 0 Å². The van der Waals surface area contributed by atoms with Gasteiger partial charge in [0.25, 0.3) is 0 Å². The molecule has 2 amide bonds. The van der Waals surface area contributed by atoms with Gasteiger partial charge < -0.3 is 14.8 Å². The van der Waals surface area contributed by atoms with Crippen molar-refractivity contribution in [3.05, 3.63) is 53.5 Å². The number of imidazole rings is 1. The van der Waals surface area contributed by atoms with Gasteiger partial charge in [-0.1, -0.05) is 0 Å². The summed E-state index contributed by atoms with van der Waals surface area (Å²) in [6.07, 6.45) is 0. The number of hydrogen-bond donors (Lipinski definition) is 2. The summed E-state index contributed by atoms with van der Waals surface area (Å²) in [5.41, 5.74) is 3.29. The number of rotatable bonds is 4. The minimum atomic E-state index is -0.314. The van der Waals surface area contributed by atoms with Crippen LogP contribution >= 0.6 is 0 Å². The summed E-state index contributed by atoms with van der Waals surface area (Å²) in [5.74, 6) is 0.436. The number of amides is 2. The maximum absolute atomic E-state index is 13.5. The van der Waals surface area contributed by atoms with Crippen LogP contribution in [-0.2, 0) is 19.6 Å². The van der Waals surface area contributed by atoms with Gasteiger partial charge in [0.2, 0.25) is 0 Å². The molecule has 0 aliphatic carbocycles. The quantitative estimate of drug-likeness (QED) is 0.676. The van der Waals surface area contributed by atoms with Gasteiger partial charge in [-0.05, 0) is 57.2 Å². The average molecular weight is 423 g/mol. The summed E-state index contributed by atoms with van der Waals surface area (Å²) < 4.78 is 17.2. The number of fused-ring (bicyclic) bond motifs is 1. The fraction of sp³-hybridized carbons (Fsp3) is 0.364. The molecule has 0 fully saturated rings. The van der Waals surface area contributed by atoms with E-state index in [2.05, 4.69) is 15.0 Å². The zero-order chi connectivity index (χ0) is 22.1. The molecule has 0 saturated heterocycles. The van der Waals surface area contributed by atoms with Crippen molar-refractivity contribution in [2.75, 3.05) is 6.54 Å². The number of nitrogens with one attached hydrogen (secondary N) is 2. The third-order valence-corrected chi connectivity index (χ3v) is 5.24. The third-order valence-electron chi connectivity index (χ3n) is 5.24. The molecule has 0 spiro atoms. The minimum Gasteiger partial charge on any atom is -0.336 e. The van der Waals surface area contributed by atoms with Crippen LogP contribution in [0, 0.1) is 11.2 Å². The Morgan fingerprint density at radius 1 is 1.19 bits per heavy atom. The van der Waals surface area contributed by atoms with Crippen molar-refractivity contribution >= 4 is 6.03 Å². The van der Waals surface area contributed by atoms with Crippen molar-refractivity contribution in [2.45, 2.75) is 46.4 Å². The van der Waals surface area contributed by atoms with Gasteiger partial charge in [0, 0.05) is 31.2 Å². The van der Waals surface area contributed by atoms with Gasteiger partial charge in [-0.2, -0.15) is 5.10 Å². The second kappa shape index (κ2) is 8.33. The summed E-state index contributed by atoms with van der Waals surface area (Å²) in [6, 6.07) is 9.67. The smallest absolute Gasteiger partial charge is 0.318 e. The average Bonchev–Trinajstić information content (AvgIpc) is 3.13. The molecule has 2 aromatic heterocycles. The molecule has 1 aliphatic heterocycles. The highest BCUT2D eigenvalue weighted by Crippen LogP contribution is 2.33. The summed E-state index contributed by atoms with van der Waals surface area (Å²) >= 11 is 0. The van der Waals surface area contributed by atoms with Crippen LogP contribution in [0.4, 0.5) is 9.18 Å². The molecular weight excluding hydrogens is 397 g/mol. The number of aromatic nitrogens is 4. The van der Waals surface area contributed by atoms with E-state index in [1.807, 2.05) is 26.8 Å². The monoisotopic (exact) mass is 423 g/mol. The van der Waals surface area contributed by atoms with Crippen molar-refractivity contribution in [1.29, 1.82) is 5.41 Å². The van der Waals surface area contributed by atoms with E-state index in [9.17, 15) is 9.18 Å². The van der Waals surface area contributed by atoms with Crippen molar-refractivity contribution < 1.29 is 9.18 Å². The molecule has 2 N–H and O–H groups in total. The van der Waals surface area contributed by atoms with Gasteiger partial charge in [-0.15, -0.1) is 0 Å². The molecule has 1 aromatic carbocycles. The van der Waals surface area contributed by atoms with E-state index >= 15 is 0 Å². The lowest BCUT2D eigenvalue weighted by atomic mass is 10.1. The van der Waals surface area contributed by atoms with Crippen LogP contribution in [0.3, 0.4) is 0 Å². The zero-order valence-electron chi connectivity index (χ0n) is 17.9. The van der Waals surface area contributed by atoms with Crippen molar-refractivity contribution in [3.8, 4) is 22.6 Å². The van der Waals surface area contributed by atoms with Gasteiger partial charge in [-0.25, -0.2) is 18.9 Å². The standard InChI is InChI=1S/C22H26FN7O/c1-4-30-18(24)10-9-17(27-30)21-20(15-5-7-16(23)8-6-15)26-19-13-28(11-12-29(19)21)22(31)25-14(2)3/h5-10,14,24H,4,11-13H2,1-3H3,(H,25,31). The van der Waals surface area contributed by atoms with Crippen molar-refractivity contribution in [3.63, 3.8) is 0 Å². The lowest BCUT2D eigenvalue weighted by Crippen LogP contribution is -2.46. The predicted molar refractivity (Wildman–Crippen MR) is 114 cm³/mol. The van der Waals surface area contributed by atoms with Crippen LogP contribution in [0.5, 0.6) is 0 Å². The predicted octanol–water partition coefficient (Wildman–Crippen LogP) is 2.99. The molecule has 8 nitrogen and oxygen atoms in total. The summed E-state index contributed by atoms with van der Waals surface area (Å²) in [7, 11) is 0. The van der Waals surface area contributed by atoms with Gasteiger partial charge in [0.1, 0.15) is 22.8 Å². The minimum absolute atomic E-state index is 0.0524. The summed E-state index contributed by atoms with van der Waals surface area (Å²) in [4.78, 5) is 19.1. The molecule has 4 rings (SSSR count). The lowest BCUT2D eigenvalue weighted by molar-refractivity contribution is 0.180. The topological polar surface area (TPSA) is 91.8 Å². The molecule has 31 heavy (non-hydrogen) atoms. The SMILES string of the molecule is CCn1nc(-c2c(-c3ccc(F)cc3)nc3n2CCN(C(=O)NC(C)C)C3)ccc1=N. The van der Waals surface area contributed by atoms with Crippen LogP contribution < -0.4 is 10.8 Å². The van der Waals surface area contributed by atoms with Gasteiger partial charge in [0.15, 0.2) is 0 Å². The molecule has 0 radical (unpaired) electrons. The van der Waals surface area contributed by atoms with Gasteiger partial charge >= 0.3 is 6.03 Å². The van der Waals surface area contributed by atoms with Crippen LogP contribution in [0.15, 0.2) is 36.4 Å². The Labute approximate surface area is 179 Å². The lowest BCUT2D eigenvalue weighted by Gasteiger charge is -2.29. The number of nitrogens with zero attached hydrogens (tertiary/aromatic N) is 5. The normalized spacial score (nSPS) is 13.4. The van der Waals surface area contributed by atoms with Gasteiger partial charge in [0.05, 0.1) is 17.9 Å². The first kappa shape index (κ1) is 20.8. The Bertz CT molecular complexity index is 1160. The second-order valence-electron chi connectivity index (χ2n) is 7.83. The number of urea groups is 1. The zero-order valence-corrected chi connectivity index (χ0v) is 17.9. The fourth-order valence-corrected chi connectivity index (χ4v) is 3.74.